The third kappa shape index (κ3) is 3.71. The van der Waals surface area contributed by atoms with E-state index in [0.717, 1.165) is 23.1 Å². The van der Waals surface area contributed by atoms with Gasteiger partial charge in [0.1, 0.15) is 5.52 Å². The van der Waals surface area contributed by atoms with Gasteiger partial charge in [0.05, 0.1) is 0 Å². The summed E-state index contributed by atoms with van der Waals surface area (Å²) in [5.74, 6) is 0.668. The molecule has 5 heteroatoms. The van der Waals surface area contributed by atoms with Crippen LogP contribution in [0.5, 0.6) is 0 Å². The molecule has 0 aliphatic heterocycles. The van der Waals surface area contributed by atoms with Crippen LogP contribution in [0, 0.1) is 6.92 Å². The van der Waals surface area contributed by atoms with E-state index in [9.17, 15) is 4.79 Å². The Hall–Kier alpha value is -2.04. The first-order valence-electron chi connectivity index (χ1n) is 6.45. The van der Waals surface area contributed by atoms with Crippen molar-refractivity contribution in [3.05, 3.63) is 29.7 Å². The first kappa shape index (κ1) is 13.4. The van der Waals surface area contributed by atoms with E-state index >= 15 is 0 Å². The maximum absolute atomic E-state index is 11.4. The van der Waals surface area contributed by atoms with Gasteiger partial charge in [-0.25, -0.2) is 9.78 Å². The number of carbonyl (C=O) groups is 1. The highest BCUT2D eigenvalue weighted by molar-refractivity contribution is 5.74. The zero-order valence-corrected chi connectivity index (χ0v) is 11.5. The molecular weight excluding hydrogens is 242 g/mol. The minimum atomic E-state index is -0.131. The number of carbonyl (C=O) groups excluding carboxylic acids is 1. The average Bonchev–Trinajstić information content (AvgIpc) is 2.67. The van der Waals surface area contributed by atoms with Crippen LogP contribution >= 0.6 is 0 Å². The summed E-state index contributed by atoms with van der Waals surface area (Å²) in [5, 5.41) is 5.61. The van der Waals surface area contributed by atoms with Crippen LogP contribution in [0.2, 0.25) is 0 Å². The molecule has 0 aliphatic carbocycles. The lowest BCUT2D eigenvalue weighted by Gasteiger charge is -2.09. The number of nitrogens with zero attached hydrogens (tertiary/aromatic N) is 1. The van der Waals surface area contributed by atoms with Crippen LogP contribution in [-0.4, -0.2) is 23.6 Å². The fraction of sp³-hybridized carbons (Fsp3) is 0.429. The van der Waals surface area contributed by atoms with Gasteiger partial charge in [0.2, 0.25) is 0 Å². The molecule has 0 saturated heterocycles. The Morgan fingerprint density at radius 1 is 1.42 bits per heavy atom. The summed E-state index contributed by atoms with van der Waals surface area (Å²) in [4.78, 5) is 15.7. The summed E-state index contributed by atoms with van der Waals surface area (Å²) in [6, 6.07) is 5.92. The summed E-state index contributed by atoms with van der Waals surface area (Å²) >= 11 is 0. The van der Waals surface area contributed by atoms with Crippen LogP contribution in [-0.2, 0) is 6.42 Å². The molecule has 19 heavy (non-hydrogen) atoms. The smallest absolute Gasteiger partial charge is 0.314 e. The van der Waals surface area contributed by atoms with Crippen molar-refractivity contribution in [2.24, 2.45) is 0 Å². The number of fused-ring (bicyclic) bond motifs is 1. The van der Waals surface area contributed by atoms with Gasteiger partial charge in [0.25, 0.3) is 0 Å². The quantitative estimate of drug-likeness (QED) is 0.888. The van der Waals surface area contributed by atoms with Crippen molar-refractivity contribution in [1.82, 2.24) is 15.6 Å². The molecule has 0 spiro atoms. The third-order valence-electron chi connectivity index (χ3n) is 2.68. The fourth-order valence-corrected chi connectivity index (χ4v) is 1.88. The third-order valence-corrected chi connectivity index (χ3v) is 2.68. The average molecular weight is 261 g/mol. The molecule has 1 aromatic carbocycles. The molecule has 0 saturated carbocycles. The van der Waals surface area contributed by atoms with Gasteiger partial charge in [0.15, 0.2) is 11.5 Å². The predicted octanol–water partition coefficient (Wildman–Crippen LogP) is 2.39. The molecule has 0 fully saturated rings. The van der Waals surface area contributed by atoms with Crippen LogP contribution in [0.15, 0.2) is 22.6 Å². The monoisotopic (exact) mass is 261 g/mol. The van der Waals surface area contributed by atoms with E-state index in [0.29, 0.717) is 12.4 Å². The second kappa shape index (κ2) is 5.73. The number of nitrogens with one attached hydrogen (secondary N) is 2. The molecular formula is C14H19N3O2. The number of benzene rings is 1. The number of hydrogen-bond acceptors (Lipinski definition) is 3. The fourth-order valence-electron chi connectivity index (χ4n) is 1.88. The summed E-state index contributed by atoms with van der Waals surface area (Å²) in [5.41, 5.74) is 2.79. The minimum absolute atomic E-state index is 0.131. The standard InChI is InChI=1S/C14H19N3O2/c1-9(2)16-14(18)15-7-6-11-4-5-13-12(8-11)17-10(3)19-13/h4-5,8-9H,6-7H2,1-3H3,(H2,15,16,18). The van der Waals surface area contributed by atoms with Crippen LogP contribution in [0.25, 0.3) is 11.1 Å². The lowest BCUT2D eigenvalue weighted by molar-refractivity contribution is 0.238. The van der Waals surface area contributed by atoms with E-state index in [4.69, 9.17) is 4.42 Å². The van der Waals surface area contributed by atoms with Crippen molar-refractivity contribution in [3.8, 4) is 0 Å². The molecule has 0 bridgehead atoms. The number of rotatable bonds is 4. The Kier molecular flexibility index (Phi) is 4.04. The number of amides is 2. The number of hydrogen-bond donors (Lipinski definition) is 2. The first-order chi connectivity index (χ1) is 9.04. The first-order valence-corrected chi connectivity index (χ1v) is 6.45. The van der Waals surface area contributed by atoms with Gasteiger partial charge in [-0.1, -0.05) is 6.07 Å². The predicted molar refractivity (Wildman–Crippen MR) is 74.1 cm³/mol. The van der Waals surface area contributed by atoms with E-state index in [-0.39, 0.29) is 12.1 Å². The number of oxazole rings is 1. The van der Waals surface area contributed by atoms with Crippen LogP contribution < -0.4 is 10.6 Å². The molecule has 2 amide bonds. The lowest BCUT2D eigenvalue weighted by atomic mass is 10.1. The molecule has 102 valence electrons. The number of aromatic nitrogens is 1. The van der Waals surface area contributed by atoms with E-state index in [1.165, 1.54) is 0 Å². The van der Waals surface area contributed by atoms with Crippen LogP contribution in [0.3, 0.4) is 0 Å². The van der Waals surface area contributed by atoms with Gasteiger partial charge in [-0.2, -0.15) is 0 Å². The zero-order valence-electron chi connectivity index (χ0n) is 11.5. The van der Waals surface area contributed by atoms with Crippen molar-refractivity contribution in [2.45, 2.75) is 33.2 Å². The molecule has 2 N–H and O–H groups in total. The molecule has 2 rings (SSSR count). The molecule has 0 radical (unpaired) electrons. The molecule has 2 aromatic rings. The Bertz CT molecular complexity index is 575. The van der Waals surface area contributed by atoms with Gasteiger partial charge in [-0.3, -0.25) is 0 Å². The zero-order chi connectivity index (χ0) is 13.8. The molecule has 0 atom stereocenters. The van der Waals surface area contributed by atoms with Crippen LogP contribution in [0.4, 0.5) is 4.79 Å². The molecule has 0 aliphatic rings. The van der Waals surface area contributed by atoms with E-state index in [1.807, 2.05) is 39.0 Å². The maximum Gasteiger partial charge on any atom is 0.314 e. The summed E-state index contributed by atoms with van der Waals surface area (Å²) < 4.78 is 5.42. The molecule has 0 unspecified atom stereocenters. The highest BCUT2D eigenvalue weighted by Crippen LogP contribution is 2.16. The second-order valence-electron chi connectivity index (χ2n) is 4.84. The normalized spacial score (nSPS) is 10.9. The highest BCUT2D eigenvalue weighted by Gasteiger charge is 2.04. The van der Waals surface area contributed by atoms with Gasteiger partial charge in [-0.05, 0) is 38.0 Å². The van der Waals surface area contributed by atoms with Gasteiger partial charge >= 0.3 is 6.03 Å². The Labute approximate surface area is 112 Å². The van der Waals surface area contributed by atoms with Gasteiger partial charge < -0.3 is 15.1 Å². The van der Waals surface area contributed by atoms with Gasteiger partial charge in [-0.15, -0.1) is 0 Å². The van der Waals surface area contributed by atoms with E-state index in [2.05, 4.69) is 15.6 Å². The van der Waals surface area contributed by atoms with Crippen molar-refractivity contribution >= 4 is 17.1 Å². The van der Waals surface area contributed by atoms with Crippen molar-refractivity contribution in [2.75, 3.05) is 6.54 Å². The molecule has 1 heterocycles. The minimum Gasteiger partial charge on any atom is -0.441 e. The number of aryl methyl sites for hydroxylation is 1. The van der Waals surface area contributed by atoms with Crippen molar-refractivity contribution in [3.63, 3.8) is 0 Å². The maximum atomic E-state index is 11.4. The van der Waals surface area contributed by atoms with E-state index < -0.39 is 0 Å². The topological polar surface area (TPSA) is 67.2 Å². The van der Waals surface area contributed by atoms with Gasteiger partial charge in [0, 0.05) is 19.5 Å². The van der Waals surface area contributed by atoms with Crippen molar-refractivity contribution in [1.29, 1.82) is 0 Å². The summed E-state index contributed by atoms with van der Waals surface area (Å²) in [6.45, 7) is 6.29. The second-order valence-corrected chi connectivity index (χ2v) is 4.84. The Morgan fingerprint density at radius 3 is 2.95 bits per heavy atom. The Balaban J connectivity index is 1.89. The summed E-state index contributed by atoms with van der Waals surface area (Å²) in [6.07, 6.45) is 0.771. The summed E-state index contributed by atoms with van der Waals surface area (Å²) in [7, 11) is 0. The lowest BCUT2D eigenvalue weighted by Crippen LogP contribution is -2.40. The largest absolute Gasteiger partial charge is 0.441 e. The molecule has 1 aromatic heterocycles. The van der Waals surface area contributed by atoms with E-state index in [1.54, 1.807) is 0 Å². The Morgan fingerprint density at radius 2 is 2.21 bits per heavy atom. The SMILES string of the molecule is Cc1nc2cc(CCNC(=O)NC(C)C)ccc2o1. The number of urea groups is 1. The highest BCUT2D eigenvalue weighted by atomic mass is 16.3. The molecule has 5 nitrogen and oxygen atoms in total. The van der Waals surface area contributed by atoms with Crippen LogP contribution in [0.1, 0.15) is 25.3 Å². The van der Waals surface area contributed by atoms with Crippen molar-refractivity contribution < 1.29 is 9.21 Å².